The summed E-state index contributed by atoms with van der Waals surface area (Å²) >= 11 is 5.83. The minimum Gasteiger partial charge on any atom is -0.325 e. The Labute approximate surface area is 119 Å². The van der Waals surface area contributed by atoms with Gasteiger partial charge < -0.3 is 10.2 Å². The van der Waals surface area contributed by atoms with Crippen LogP contribution in [0, 0.1) is 0 Å². The quantitative estimate of drug-likeness (QED) is 0.820. The van der Waals surface area contributed by atoms with E-state index in [0.29, 0.717) is 13.1 Å². The number of nitrogens with zero attached hydrogens (tertiary/aromatic N) is 1. The molecule has 2 rings (SSSR count). The van der Waals surface area contributed by atoms with Crippen LogP contribution in [0.25, 0.3) is 0 Å². The molecule has 20 heavy (non-hydrogen) atoms. The fraction of sp³-hybridized carbons (Fsp3) is 0.462. The molecule has 1 fully saturated rings. The molecule has 0 aromatic heterocycles. The molecule has 1 aliphatic rings. The number of halogens is 4. The van der Waals surface area contributed by atoms with Crippen molar-refractivity contribution >= 4 is 23.3 Å². The molecule has 110 valence electrons. The number of anilines is 1. The van der Waals surface area contributed by atoms with E-state index >= 15 is 0 Å². The standard InChI is InChI=1S/C13H14ClF3N2O/c14-10-5-4-9(13(15,16)17)8-11(10)18-12(20)19-6-2-1-3-7-19/h4-5,8H,1-3,6-7H2,(H,18,20). The van der Waals surface area contributed by atoms with Gasteiger partial charge in [0.15, 0.2) is 0 Å². The summed E-state index contributed by atoms with van der Waals surface area (Å²) in [5.41, 5.74) is -0.854. The molecule has 0 spiro atoms. The molecule has 1 N–H and O–H groups in total. The number of amides is 2. The lowest BCUT2D eigenvalue weighted by molar-refractivity contribution is -0.137. The molecule has 1 aliphatic heterocycles. The van der Waals surface area contributed by atoms with Crippen molar-refractivity contribution in [3.05, 3.63) is 28.8 Å². The number of alkyl halides is 3. The number of hydrogen-bond donors (Lipinski definition) is 1. The topological polar surface area (TPSA) is 32.3 Å². The molecule has 0 unspecified atom stereocenters. The summed E-state index contributed by atoms with van der Waals surface area (Å²) in [5.74, 6) is 0. The molecular formula is C13H14ClF3N2O. The maximum Gasteiger partial charge on any atom is 0.416 e. The second-order valence-electron chi connectivity index (χ2n) is 4.67. The van der Waals surface area contributed by atoms with Crippen molar-refractivity contribution in [3.63, 3.8) is 0 Å². The summed E-state index contributed by atoms with van der Waals surface area (Å²) in [4.78, 5) is 13.5. The predicted molar refractivity (Wildman–Crippen MR) is 70.9 cm³/mol. The van der Waals surface area contributed by atoms with Crippen molar-refractivity contribution < 1.29 is 18.0 Å². The van der Waals surface area contributed by atoms with Crippen LogP contribution in [0.3, 0.4) is 0 Å². The normalized spacial score (nSPS) is 16.1. The van der Waals surface area contributed by atoms with Crippen LogP contribution in [-0.2, 0) is 6.18 Å². The highest BCUT2D eigenvalue weighted by molar-refractivity contribution is 6.33. The van der Waals surface area contributed by atoms with Gasteiger partial charge in [-0.25, -0.2) is 4.79 Å². The van der Waals surface area contributed by atoms with Gasteiger partial charge in [0.25, 0.3) is 0 Å². The van der Waals surface area contributed by atoms with Crippen molar-refractivity contribution in [3.8, 4) is 0 Å². The Morgan fingerprint density at radius 2 is 1.85 bits per heavy atom. The maximum absolute atomic E-state index is 12.6. The minimum absolute atomic E-state index is 0.0166. The first-order valence-corrected chi connectivity index (χ1v) is 6.68. The van der Waals surface area contributed by atoms with E-state index in [1.807, 2.05) is 0 Å². The molecule has 1 aromatic rings. The smallest absolute Gasteiger partial charge is 0.325 e. The van der Waals surface area contributed by atoms with Crippen molar-refractivity contribution in [2.45, 2.75) is 25.4 Å². The van der Waals surface area contributed by atoms with Gasteiger partial charge in [0.05, 0.1) is 16.3 Å². The Kier molecular flexibility index (Phi) is 4.42. The average Bonchev–Trinajstić information content (AvgIpc) is 2.41. The molecule has 3 nitrogen and oxygen atoms in total. The van der Waals surface area contributed by atoms with Crippen LogP contribution in [0.1, 0.15) is 24.8 Å². The molecule has 0 atom stereocenters. The zero-order chi connectivity index (χ0) is 14.8. The number of rotatable bonds is 1. The van der Waals surface area contributed by atoms with Gasteiger partial charge in [-0.2, -0.15) is 13.2 Å². The molecular weight excluding hydrogens is 293 g/mol. The third-order valence-electron chi connectivity index (χ3n) is 3.18. The third-order valence-corrected chi connectivity index (χ3v) is 3.51. The molecule has 1 heterocycles. The molecule has 1 aromatic carbocycles. The highest BCUT2D eigenvalue weighted by Gasteiger charge is 2.31. The summed E-state index contributed by atoms with van der Waals surface area (Å²) in [6.45, 7) is 1.23. The lowest BCUT2D eigenvalue weighted by Gasteiger charge is -2.27. The second kappa shape index (κ2) is 5.91. The van der Waals surface area contributed by atoms with Gasteiger partial charge in [0.2, 0.25) is 0 Å². The van der Waals surface area contributed by atoms with Gasteiger partial charge in [0.1, 0.15) is 0 Å². The first kappa shape index (κ1) is 15.0. The van der Waals surface area contributed by atoms with E-state index in [-0.39, 0.29) is 10.7 Å². The van der Waals surface area contributed by atoms with Crippen LogP contribution < -0.4 is 5.32 Å². The monoisotopic (exact) mass is 306 g/mol. The lowest BCUT2D eigenvalue weighted by Crippen LogP contribution is -2.38. The highest BCUT2D eigenvalue weighted by atomic mass is 35.5. The first-order chi connectivity index (χ1) is 9.38. The van der Waals surface area contributed by atoms with Gasteiger partial charge in [-0.05, 0) is 37.5 Å². The van der Waals surface area contributed by atoms with E-state index in [4.69, 9.17) is 11.6 Å². The van der Waals surface area contributed by atoms with E-state index in [1.165, 1.54) is 0 Å². The average molecular weight is 307 g/mol. The van der Waals surface area contributed by atoms with Gasteiger partial charge in [-0.1, -0.05) is 11.6 Å². The fourth-order valence-electron chi connectivity index (χ4n) is 2.09. The van der Waals surface area contributed by atoms with Gasteiger partial charge >= 0.3 is 12.2 Å². The Bertz CT molecular complexity index is 499. The number of carbonyl (C=O) groups excluding carboxylic acids is 1. The summed E-state index contributed by atoms with van der Waals surface area (Å²) in [6, 6.07) is 2.46. The van der Waals surface area contributed by atoms with Crippen molar-refractivity contribution in [1.82, 2.24) is 4.90 Å². The van der Waals surface area contributed by atoms with Crippen LogP contribution in [-0.4, -0.2) is 24.0 Å². The van der Waals surface area contributed by atoms with Crippen LogP contribution in [0.15, 0.2) is 18.2 Å². The van der Waals surface area contributed by atoms with Gasteiger partial charge in [-0.3, -0.25) is 0 Å². The summed E-state index contributed by atoms with van der Waals surface area (Å²) in [6.07, 6.45) is -1.59. The Balaban J connectivity index is 2.13. The van der Waals surface area contributed by atoms with Crippen molar-refractivity contribution in [2.75, 3.05) is 18.4 Å². The van der Waals surface area contributed by atoms with E-state index < -0.39 is 17.8 Å². The molecule has 0 bridgehead atoms. The lowest BCUT2D eigenvalue weighted by atomic mass is 10.1. The van der Waals surface area contributed by atoms with Crippen LogP contribution in [0.4, 0.5) is 23.7 Å². The third kappa shape index (κ3) is 3.56. The van der Waals surface area contributed by atoms with E-state index in [1.54, 1.807) is 4.90 Å². The first-order valence-electron chi connectivity index (χ1n) is 6.30. The van der Waals surface area contributed by atoms with Gasteiger partial charge in [-0.15, -0.1) is 0 Å². The van der Waals surface area contributed by atoms with Gasteiger partial charge in [0, 0.05) is 13.1 Å². The molecule has 0 radical (unpaired) electrons. The number of likely N-dealkylation sites (tertiary alicyclic amines) is 1. The molecule has 1 saturated heterocycles. The highest BCUT2D eigenvalue weighted by Crippen LogP contribution is 2.33. The van der Waals surface area contributed by atoms with E-state index in [2.05, 4.69) is 5.32 Å². The van der Waals surface area contributed by atoms with Crippen LogP contribution >= 0.6 is 11.6 Å². The van der Waals surface area contributed by atoms with Crippen LogP contribution in [0.5, 0.6) is 0 Å². The minimum atomic E-state index is -4.46. The molecule has 0 aliphatic carbocycles. The second-order valence-corrected chi connectivity index (χ2v) is 5.08. The summed E-state index contributed by atoms with van der Waals surface area (Å²) in [7, 11) is 0. The Hall–Kier alpha value is -1.43. The summed E-state index contributed by atoms with van der Waals surface area (Å²) in [5, 5.41) is 2.53. The van der Waals surface area contributed by atoms with E-state index in [0.717, 1.165) is 37.5 Å². The largest absolute Gasteiger partial charge is 0.416 e. The van der Waals surface area contributed by atoms with Crippen molar-refractivity contribution in [1.29, 1.82) is 0 Å². The number of urea groups is 1. The maximum atomic E-state index is 12.6. The molecule has 7 heteroatoms. The number of piperidine rings is 1. The number of nitrogens with one attached hydrogen (secondary N) is 1. The van der Waals surface area contributed by atoms with Crippen LogP contribution in [0.2, 0.25) is 5.02 Å². The Morgan fingerprint density at radius 3 is 2.45 bits per heavy atom. The predicted octanol–water partition coefficient (Wildman–Crippen LogP) is 4.38. The SMILES string of the molecule is O=C(Nc1cc(C(F)(F)F)ccc1Cl)N1CCCCC1. The fourth-order valence-corrected chi connectivity index (χ4v) is 2.25. The molecule has 2 amide bonds. The van der Waals surface area contributed by atoms with E-state index in [9.17, 15) is 18.0 Å². The molecule has 0 saturated carbocycles. The zero-order valence-electron chi connectivity index (χ0n) is 10.6. The number of benzene rings is 1. The Morgan fingerprint density at radius 1 is 1.20 bits per heavy atom. The summed E-state index contributed by atoms with van der Waals surface area (Å²) < 4.78 is 37.9. The zero-order valence-corrected chi connectivity index (χ0v) is 11.4. The number of hydrogen-bond acceptors (Lipinski definition) is 1. The van der Waals surface area contributed by atoms with Crippen molar-refractivity contribution in [2.24, 2.45) is 0 Å². The number of carbonyl (C=O) groups is 1.